The molecule has 0 N–H and O–H groups in total. The van der Waals surface area contributed by atoms with Crippen molar-refractivity contribution >= 4 is 74.3 Å². The maximum absolute atomic E-state index is 9.48. The van der Waals surface area contributed by atoms with E-state index >= 15 is 0 Å². The summed E-state index contributed by atoms with van der Waals surface area (Å²) in [5.41, 5.74) is 27.5. The van der Waals surface area contributed by atoms with Crippen molar-refractivity contribution in [2.24, 2.45) is 0 Å². The number of benzene rings is 10. The van der Waals surface area contributed by atoms with Crippen molar-refractivity contribution in [1.29, 1.82) is 0 Å². The molecule has 2 aliphatic heterocycles. The highest BCUT2D eigenvalue weighted by Crippen LogP contribution is 2.56. The number of hydrogen-bond acceptors (Lipinski definition) is 3. The molecule has 10 aromatic rings. The third-order valence-corrected chi connectivity index (χ3v) is 20.5. The van der Waals surface area contributed by atoms with Crippen LogP contribution in [0, 0.1) is 13.8 Å². The number of fused-ring (bicyclic) bond motifs is 8. The lowest BCUT2D eigenvalue weighted by atomic mass is 9.33. The average Bonchev–Trinajstić information content (AvgIpc) is 0.687. The lowest BCUT2D eigenvalue weighted by molar-refractivity contribution is 0.520. The third kappa shape index (κ3) is 8.28. The van der Waals surface area contributed by atoms with Crippen LogP contribution in [0.1, 0.15) is 168 Å². The van der Waals surface area contributed by atoms with Crippen molar-refractivity contribution in [2.45, 2.75) is 143 Å². The van der Waals surface area contributed by atoms with Crippen molar-refractivity contribution in [3.05, 3.63) is 273 Å². The molecule has 0 saturated heterocycles. The van der Waals surface area contributed by atoms with Gasteiger partial charge in [0.05, 0.1) is 5.69 Å². The monoisotopic (exact) mass is 1120 g/mol. The van der Waals surface area contributed by atoms with Gasteiger partial charge in [0.15, 0.2) is 0 Å². The van der Waals surface area contributed by atoms with E-state index in [1.807, 2.05) is 12.1 Å². The van der Waals surface area contributed by atoms with Crippen LogP contribution in [0.2, 0.25) is 0 Å². The summed E-state index contributed by atoms with van der Waals surface area (Å²) < 4.78 is 28.5. The predicted molar refractivity (Wildman–Crippen MR) is 369 cm³/mol. The van der Waals surface area contributed by atoms with Crippen LogP contribution in [0.15, 0.2) is 206 Å². The van der Waals surface area contributed by atoms with Gasteiger partial charge in [-0.15, -0.1) is 0 Å². The van der Waals surface area contributed by atoms with Crippen LogP contribution in [0.5, 0.6) is 0 Å². The minimum Gasteiger partial charge on any atom is -0.311 e. The lowest BCUT2D eigenvalue weighted by Crippen LogP contribution is -2.62. The Morgan fingerprint density at radius 1 is 0.372 bits per heavy atom. The first kappa shape index (κ1) is 52.0. The molecule has 0 aromatic heterocycles. The molecule has 0 unspecified atom stereocenters. The van der Waals surface area contributed by atoms with Crippen LogP contribution in [0.3, 0.4) is 0 Å². The van der Waals surface area contributed by atoms with E-state index < -0.39 is 6.85 Å². The molecule has 0 spiro atoms. The summed E-state index contributed by atoms with van der Waals surface area (Å²) in [5, 5.41) is 0. The van der Waals surface area contributed by atoms with Crippen molar-refractivity contribution in [1.82, 2.24) is 0 Å². The van der Waals surface area contributed by atoms with Crippen LogP contribution >= 0.6 is 0 Å². The SMILES string of the molecule is [2H]C([2H])([2H])c1cc2c3c(c1)N(c1ccccc1-c1ccccc1)c1cc4c(cc1B3c1cc(N(c3ccc(C(C)(C)C)cc3)c3ccc(C(C)(C)C)cc3)ccc1N2c1cc2c(cc1C)C(C)(C)c1ccccc1C2(C)C)C(C)(C)c1ccccc1C4(C)C. The molecule has 0 atom stereocenters. The Kier molecular flexibility index (Phi) is 11.5. The topological polar surface area (TPSA) is 9.72 Å². The molecular weight excluding hydrogens is 1040 g/mol. The fraction of sp³-hybridized carbons (Fsp3) is 0.268. The Morgan fingerprint density at radius 3 is 1.29 bits per heavy atom. The van der Waals surface area contributed by atoms with E-state index in [0.717, 1.165) is 78.8 Å². The molecule has 2 aliphatic carbocycles. The standard InChI is InChI=1S/C82H82BN3/c1-51-44-74-76-75(45-51)86(72-49-66-64(46-52(72)2)79(9,10)60-29-21-23-31-62(60)81(66,13)14)71-43-42-58(84(56-38-34-54(35-39-56)77(3,4)5)57-40-36-55(37-41-57)78(6,7)8)47-68(71)83(76)69-48-65-67(82(15,16)63-32-24-22-30-61(63)80(65,11)12)50-73(69)85(74)70-33-25-20-28-59(70)53-26-18-17-19-27-53/h17-50H,1-16H3/i1D3. The Labute approximate surface area is 517 Å². The number of para-hydroxylation sites is 1. The summed E-state index contributed by atoms with van der Waals surface area (Å²) in [6.07, 6.45) is 0. The van der Waals surface area contributed by atoms with E-state index in [2.05, 4.69) is 313 Å². The minimum absolute atomic E-state index is 0.0321. The van der Waals surface area contributed by atoms with Crippen molar-refractivity contribution in [2.75, 3.05) is 14.7 Å². The summed E-state index contributed by atoms with van der Waals surface area (Å²) >= 11 is 0. The van der Waals surface area contributed by atoms with Gasteiger partial charge in [0.1, 0.15) is 0 Å². The first-order chi connectivity index (χ1) is 42.0. The highest BCUT2D eigenvalue weighted by Gasteiger charge is 2.49. The molecule has 14 rings (SSSR count). The summed E-state index contributed by atoms with van der Waals surface area (Å²) in [4.78, 5) is 7.34. The second kappa shape index (κ2) is 19.1. The van der Waals surface area contributed by atoms with Crippen molar-refractivity contribution < 1.29 is 4.11 Å². The second-order valence-corrected chi connectivity index (χ2v) is 29.3. The van der Waals surface area contributed by atoms with Gasteiger partial charge >= 0.3 is 0 Å². The first-order valence-electron chi connectivity index (χ1n) is 32.6. The van der Waals surface area contributed by atoms with Crippen LogP contribution in [-0.4, -0.2) is 6.71 Å². The predicted octanol–water partition coefficient (Wildman–Crippen LogP) is 20.0. The number of aryl methyl sites for hydroxylation is 2. The number of rotatable bonds is 6. The summed E-state index contributed by atoms with van der Waals surface area (Å²) in [6.45, 7) is 32.2. The Morgan fingerprint density at radius 2 is 0.791 bits per heavy atom. The van der Waals surface area contributed by atoms with Gasteiger partial charge < -0.3 is 14.7 Å². The molecule has 0 saturated carbocycles. The summed E-state index contributed by atoms with van der Waals surface area (Å²) in [5.74, 6) is 0. The van der Waals surface area contributed by atoms with E-state index in [1.165, 1.54) is 61.1 Å². The quantitative estimate of drug-likeness (QED) is 0.154. The molecule has 86 heavy (non-hydrogen) atoms. The van der Waals surface area contributed by atoms with Gasteiger partial charge in [0, 0.05) is 76.8 Å². The smallest absolute Gasteiger partial charge is 0.252 e. The first-order valence-corrected chi connectivity index (χ1v) is 31.1. The van der Waals surface area contributed by atoms with Crippen LogP contribution < -0.4 is 31.1 Å². The zero-order valence-corrected chi connectivity index (χ0v) is 53.0. The highest BCUT2D eigenvalue weighted by atomic mass is 15.2. The van der Waals surface area contributed by atoms with Crippen LogP contribution in [0.4, 0.5) is 51.2 Å². The third-order valence-electron chi connectivity index (χ3n) is 20.5. The van der Waals surface area contributed by atoms with Gasteiger partial charge in [-0.05, 0) is 186 Å². The molecule has 10 aromatic carbocycles. The summed E-state index contributed by atoms with van der Waals surface area (Å²) in [7, 11) is 0. The molecule has 0 fully saturated rings. The van der Waals surface area contributed by atoms with Gasteiger partial charge in [-0.25, -0.2) is 0 Å². The maximum atomic E-state index is 9.48. The van der Waals surface area contributed by atoms with E-state index in [0.29, 0.717) is 5.56 Å². The molecule has 0 bridgehead atoms. The van der Waals surface area contributed by atoms with E-state index in [-0.39, 0.29) is 39.2 Å². The number of anilines is 9. The van der Waals surface area contributed by atoms with Gasteiger partial charge in [-0.1, -0.05) is 230 Å². The zero-order chi connectivity index (χ0) is 62.9. The largest absolute Gasteiger partial charge is 0.311 e. The zero-order valence-electron chi connectivity index (χ0n) is 56.0. The molecule has 2 heterocycles. The number of nitrogens with zero attached hydrogens (tertiary/aromatic N) is 3. The molecular formula is C82H82BN3. The molecule has 428 valence electrons. The van der Waals surface area contributed by atoms with Crippen LogP contribution in [0.25, 0.3) is 11.1 Å². The lowest BCUT2D eigenvalue weighted by Gasteiger charge is -2.49. The van der Waals surface area contributed by atoms with Gasteiger partial charge in [0.25, 0.3) is 6.71 Å². The average molecular weight is 1120 g/mol. The van der Waals surface area contributed by atoms with Crippen LogP contribution in [-0.2, 0) is 32.5 Å². The molecule has 4 heteroatoms. The van der Waals surface area contributed by atoms with Gasteiger partial charge in [-0.2, -0.15) is 0 Å². The maximum Gasteiger partial charge on any atom is 0.252 e. The highest BCUT2D eigenvalue weighted by molar-refractivity contribution is 7.00. The van der Waals surface area contributed by atoms with E-state index in [1.54, 1.807) is 0 Å². The molecule has 3 nitrogen and oxygen atoms in total. The Bertz CT molecular complexity index is 4460. The van der Waals surface area contributed by atoms with E-state index in [4.69, 9.17) is 0 Å². The van der Waals surface area contributed by atoms with Crippen molar-refractivity contribution in [3.63, 3.8) is 0 Å². The number of hydrogen-bond donors (Lipinski definition) is 0. The fourth-order valence-corrected chi connectivity index (χ4v) is 15.6. The van der Waals surface area contributed by atoms with Crippen molar-refractivity contribution in [3.8, 4) is 11.1 Å². The van der Waals surface area contributed by atoms with Gasteiger partial charge in [-0.3, -0.25) is 0 Å². The fourth-order valence-electron chi connectivity index (χ4n) is 15.6. The Balaban J connectivity index is 1.12. The molecule has 0 radical (unpaired) electrons. The molecule has 4 aliphatic rings. The van der Waals surface area contributed by atoms with Gasteiger partial charge in [0.2, 0.25) is 0 Å². The minimum atomic E-state index is -2.46. The normalized spacial score (nSPS) is 16.9. The summed E-state index contributed by atoms with van der Waals surface area (Å²) in [6, 6.07) is 76.9. The second-order valence-electron chi connectivity index (χ2n) is 29.3. The Hall–Kier alpha value is -8.34. The molecule has 0 amide bonds. The van der Waals surface area contributed by atoms with E-state index in [9.17, 15) is 4.11 Å².